The summed E-state index contributed by atoms with van der Waals surface area (Å²) in [5.74, 6) is 0.836. The minimum Gasteiger partial charge on any atom is -0.313 e. The number of sulfone groups is 1. The molecule has 2 rings (SSSR count). The zero-order valence-corrected chi connectivity index (χ0v) is 13.4. The van der Waals surface area contributed by atoms with Gasteiger partial charge in [0.25, 0.3) is 0 Å². The fraction of sp³-hybridized carbons (Fsp3) is 0.600. The van der Waals surface area contributed by atoms with E-state index in [0.29, 0.717) is 22.0 Å². The largest absolute Gasteiger partial charge is 0.313 e. The molecule has 0 aromatic heterocycles. The lowest BCUT2D eigenvalue weighted by atomic mass is 10.0. The lowest BCUT2D eigenvalue weighted by Crippen LogP contribution is -2.19. The van der Waals surface area contributed by atoms with E-state index >= 15 is 0 Å². The van der Waals surface area contributed by atoms with Gasteiger partial charge >= 0.3 is 0 Å². The average Bonchev–Trinajstić information content (AvgIpc) is 2.88. The summed E-state index contributed by atoms with van der Waals surface area (Å²) in [6.07, 6.45) is 7.77. The van der Waals surface area contributed by atoms with E-state index in [1.807, 2.05) is 0 Å². The van der Waals surface area contributed by atoms with Crippen molar-refractivity contribution in [2.75, 3.05) is 12.8 Å². The standard InChI is InChI=1S/C15H22ClNO2S/c1-20(18,19)15-8-4-7-14(16)13(15)11-17-10-9-12-5-2-3-6-12/h4,7-8,12,17H,2-3,5-6,9-11H2,1H3. The van der Waals surface area contributed by atoms with Crippen LogP contribution in [0, 0.1) is 5.92 Å². The molecule has 1 aliphatic rings. The van der Waals surface area contributed by atoms with Crippen LogP contribution in [0.3, 0.4) is 0 Å². The molecule has 20 heavy (non-hydrogen) atoms. The summed E-state index contributed by atoms with van der Waals surface area (Å²) in [5, 5.41) is 3.85. The normalized spacial score (nSPS) is 16.7. The van der Waals surface area contributed by atoms with E-state index in [2.05, 4.69) is 5.32 Å². The first kappa shape index (κ1) is 15.8. The van der Waals surface area contributed by atoms with E-state index in [-0.39, 0.29) is 0 Å². The fourth-order valence-electron chi connectivity index (χ4n) is 2.88. The topological polar surface area (TPSA) is 46.2 Å². The van der Waals surface area contributed by atoms with Gasteiger partial charge in [-0.05, 0) is 31.0 Å². The number of rotatable bonds is 6. The van der Waals surface area contributed by atoms with Crippen LogP contribution in [0.1, 0.15) is 37.7 Å². The Labute approximate surface area is 126 Å². The lowest BCUT2D eigenvalue weighted by molar-refractivity contribution is 0.476. The first-order valence-electron chi connectivity index (χ1n) is 7.16. The van der Waals surface area contributed by atoms with E-state index in [4.69, 9.17) is 11.6 Å². The minimum atomic E-state index is -3.23. The molecule has 0 aliphatic heterocycles. The highest BCUT2D eigenvalue weighted by Crippen LogP contribution is 2.27. The van der Waals surface area contributed by atoms with Gasteiger partial charge in [-0.25, -0.2) is 8.42 Å². The Bertz CT molecular complexity index is 551. The molecule has 112 valence electrons. The van der Waals surface area contributed by atoms with E-state index in [1.54, 1.807) is 18.2 Å². The molecule has 0 amide bonds. The van der Waals surface area contributed by atoms with Crippen molar-refractivity contribution in [1.82, 2.24) is 5.32 Å². The molecule has 1 aliphatic carbocycles. The van der Waals surface area contributed by atoms with Crippen LogP contribution in [-0.2, 0) is 16.4 Å². The Morgan fingerprint density at radius 1 is 1.30 bits per heavy atom. The van der Waals surface area contributed by atoms with Crippen molar-refractivity contribution in [3.63, 3.8) is 0 Å². The summed E-state index contributed by atoms with van der Waals surface area (Å²) in [5.41, 5.74) is 0.683. The molecule has 0 heterocycles. The maximum Gasteiger partial charge on any atom is 0.175 e. The summed E-state index contributed by atoms with van der Waals surface area (Å²) < 4.78 is 23.5. The lowest BCUT2D eigenvalue weighted by Gasteiger charge is -2.13. The van der Waals surface area contributed by atoms with Gasteiger partial charge in [0.15, 0.2) is 9.84 Å². The quantitative estimate of drug-likeness (QED) is 0.818. The molecule has 0 saturated heterocycles. The number of hydrogen-bond donors (Lipinski definition) is 1. The molecular formula is C15H22ClNO2S. The monoisotopic (exact) mass is 315 g/mol. The molecule has 5 heteroatoms. The maximum absolute atomic E-state index is 11.8. The smallest absolute Gasteiger partial charge is 0.175 e. The summed E-state index contributed by atoms with van der Waals surface area (Å²) >= 11 is 6.14. The van der Waals surface area contributed by atoms with Crippen LogP contribution >= 0.6 is 11.6 Å². The van der Waals surface area contributed by atoms with Gasteiger partial charge in [-0.2, -0.15) is 0 Å². The first-order valence-corrected chi connectivity index (χ1v) is 9.43. The van der Waals surface area contributed by atoms with Gasteiger partial charge in [0.2, 0.25) is 0 Å². The zero-order valence-electron chi connectivity index (χ0n) is 11.9. The van der Waals surface area contributed by atoms with Gasteiger partial charge in [0, 0.05) is 23.4 Å². The molecule has 1 aromatic rings. The molecule has 1 saturated carbocycles. The highest BCUT2D eigenvalue weighted by atomic mass is 35.5. The number of nitrogens with one attached hydrogen (secondary N) is 1. The van der Waals surface area contributed by atoms with Crippen LogP contribution < -0.4 is 5.32 Å². The molecule has 0 radical (unpaired) electrons. The predicted molar refractivity (Wildman–Crippen MR) is 82.8 cm³/mol. The van der Waals surface area contributed by atoms with E-state index < -0.39 is 9.84 Å². The van der Waals surface area contributed by atoms with Crippen molar-refractivity contribution in [2.45, 2.75) is 43.5 Å². The van der Waals surface area contributed by atoms with Crippen molar-refractivity contribution < 1.29 is 8.42 Å². The Kier molecular flexibility index (Phi) is 5.47. The Morgan fingerprint density at radius 2 is 2.00 bits per heavy atom. The first-order chi connectivity index (χ1) is 9.48. The second-order valence-corrected chi connectivity index (χ2v) is 8.00. The fourth-order valence-corrected chi connectivity index (χ4v) is 4.13. The van der Waals surface area contributed by atoms with Gasteiger partial charge < -0.3 is 5.32 Å². The van der Waals surface area contributed by atoms with Crippen molar-refractivity contribution >= 4 is 21.4 Å². The molecule has 0 atom stereocenters. The number of hydrogen-bond acceptors (Lipinski definition) is 3. The van der Waals surface area contributed by atoms with Crippen LogP contribution in [0.2, 0.25) is 5.02 Å². The van der Waals surface area contributed by atoms with Crippen molar-refractivity contribution in [2.24, 2.45) is 5.92 Å². The summed E-state index contributed by atoms with van der Waals surface area (Å²) in [6, 6.07) is 5.04. The summed E-state index contributed by atoms with van der Waals surface area (Å²) in [4.78, 5) is 0.332. The van der Waals surface area contributed by atoms with Gasteiger partial charge in [-0.15, -0.1) is 0 Å². The van der Waals surface area contributed by atoms with Crippen LogP contribution in [0.15, 0.2) is 23.1 Å². The molecule has 1 N–H and O–H groups in total. The Balaban J connectivity index is 1.95. The number of benzene rings is 1. The zero-order chi connectivity index (χ0) is 14.6. The molecule has 3 nitrogen and oxygen atoms in total. The average molecular weight is 316 g/mol. The molecule has 1 fully saturated rings. The van der Waals surface area contributed by atoms with Crippen LogP contribution in [-0.4, -0.2) is 21.2 Å². The molecular weight excluding hydrogens is 294 g/mol. The maximum atomic E-state index is 11.8. The molecule has 0 spiro atoms. The highest BCUT2D eigenvalue weighted by molar-refractivity contribution is 7.90. The third-order valence-corrected chi connectivity index (χ3v) is 5.52. The van der Waals surface area contributed by atoms with Gasteiger partial charge in [0.1, 0.15) is 0 Å². The van der Waals surface area contributed by atoms with E-state index in [9.17, 15) is 8.42 Å². The number of halogens is 1. The second-order valence-electron chi connectivity index (χ2n) is 5.60. The van der Waals surface area contributed by atoms with Gasteiger partial charge in [0.05, 0.1) is 4.90 Å². The molecule has 0 bridgehead atoms. The van der Waals surface area contributed by atoms with E-state index in [1.165, 1.54) is 38.4 Å². The van der Waals surface area contributed by atoms with Crippen molar-refractivity contribution in [3.05, 3.63) is 28.8 Å². The Hall–Kier alpha value is -0.580. The minimum absolute atomic E-state index is 0.332. The second kappa shape index (κ2) is 6.92. The van der Waals surface area contributed by atoms with Gasteiger partial charge in [-0.3, -0.25) is 0 Å². The SMILES string of the molecule is CS(=O)(=O)c1cccc(Cl)c1CNCCC1CCCC1. The third kappa shape index (κ3) is 4.21. The predicted octanol–water partition coefficient (Wildman–Crippen LogP) is 3.41. The van der Waals surface area contributed by atoms with Crippen LogP contribution in [0.25, 0.3) is 0 Å². The van der Waals surface area contributed by atoms with Crippen molar-refractivity contribution in [3.8, 4) is 0 Å². The molecule has 0 unspecified atom stereocenters. The van der Waals surface area contributed by atoms with Crippen molar-refractivity contribution in [1.29, 1.82) is 0 Å². The van der Waals surface area contributed by atoms with E-state index in [0.717, 1.165) is 12.5 Å². The molecule has 1 aromatic carbocycles. The Morgan fingerprint density at radius 3 is 2.65 bits per heavy atom. The van der Waals surface area contributed by atoms with Gasteiger partial charge in [-0.1, -0.05) is 43.4 Å². The summed E-state index contributed by atoms with van der Waals surface area (Å²) in [6.45, 7) is 1.42. The van der Waals surface area contributed by atoms with Crippen LogP contribution in [0.4, 0.5) is 0 Å². The third-order valence-electron chi connectivity index (χ3n) is 3.98. The summed E-state index contributed by atoms with van der Waals surface area (Å²) in [7, 11) is -3.23. The van der Waals surface area contributed by atoms with Crippen LogP contribution in [0.5, 0.6) is 0 Å². The highest BCUT2D eigenvalue weighted by Gasteiger charge is 2.16.